The number of anilines is 2. The number of rotatable bonds is 1. The second-order valence-corrected chi connectivity index (χ2v) is 4.51. The molecule has 7 heteroatoms. The van der Waals surface area contributed by atoms with Gasteiger partial charge in [0.15, 0.2) is 5.82 Å². The number of amides is 1. The number of fused-ring (bicyclic) bond motifs is 1. The second-order valence-electron chi connectivity index (χ2n) is 4.51. The summed E-state index contributed by atoms with van der Waals surface area (Å²) in [5, 5.41) is 7.82. The van der Waals surface area contributed by atoms with E-state index in [2.05, 4.69) is 10.2 Å². The van der Waals surface area contributed by atoms with Crippen LogP contribution in [0.15, 0.2) is 24.5 Å². The molecule has 1 aliphatic heterocycles. The average Bonchev–Trinajstić information content (AvgIpc) is 2.85. The highest BCUT2D eigenvalue weighted by molar-refractivity contribution is 5.99. The molecule has 19 heavy (non-hydrogen) atoms. The van der Waals surface area contributed by atoms with Gasteiger partial charge in [-0.2, -0.15) is 0 Å². The summed E-state index contributed by atoms with van der Waals surface area (Å²) in [6.45, 7) is 1.76. The maximum Gasteiger partial charge on any atom is 0.256 e. The lowest BCUT2D eigenvalue weighted by Crippen LogP contribution is -2.38. The first-order valence-corrected chi connectivity index (χ1v) is 5.96. The minimum atomic E-state index is -0.105. The Bertz CT molecular complexity index is 635. The Morgan fingerprint density at radius 2 is 2.11 bits per heavy atom. The zero-order valence-electron chi connectivity index (χ0n) is 10.3. The van der Waals surface area contributed by atoms with Crippen LogP contribution in [-0.4, -0.2) is 32.1 Å². The normalized spacial score (nSPS) is 14.2. The zero-order valence-corrected chi connectivity index (χ0v) is 10.3. The largest absolute Gasteiger partial charge is 0.399 e. The van der Waals surface area contributed by atoms with Crippen molar-refractivity contribution in [2.45, 2.75) is 13.1 Å². The van der Waals surface area contributed by atoms with Gasteiger partial charge in [0, 0.05) is 24.5 Å². The Kier molecular flexibility index (Phi) is 2.59. The van der Waals surface area contributed by atoms with Crippen LogP contribution in [0.25, 0.3) is 0 Å². The Morgan fingerprint density at radius 1 is 1.26 bits per heavy atom. The molecule has 0 unspecified atom stereocenters. The number of hydrogen-bond donors (Lipinski definition) is 2. The molecule has 1 aromatic heterocycles. The molecule has 0 atom stereocenters. The van der Waals surface area contributed by atoms with E-state index in [0.29, 0.717) is 36.6 Å². The van der Waals surface area contributed by atoms with Gasteiger partial charge >= 0.3 is 0 Å². The summed E-state index contributed by atoms with van der Waals surface area (Å²) in [5.74, 6) is 0.681. The van der Waals surface area contributed by atoms with Gasteiger partial charge in [0.05, 0.1) is 12.1 Å². The van der Waals surface area contributed by atoms with Gasteiger partial charge in [-0.25, -0.2) is 0 Å². The van der Waals surface area contributed by atoms with E-state index in [1.165, 1.54) is 0 Å². The lowest BCUT2D eigenvalue weighted by molar-refractivity contribution is 0.0708. The van der Waals surface area contributed by atoms with Crippen molar-refractivity contribution in [1.82, 2.24) is 19.7 Å². The maximum absolute atomic E-state index is 12.4. The lowest BCUT2D eigenvalue weighted by atomic mass is 10.1. The topological polar surface area (TPSA) is 103 Å². The number of nitrogens with zero attached hydrogens (tertiary/aromatic N) is 4. The van der Waals surface area contributed by atoms with Crippen LogP contribution in [0.3, 0.4) is 0 Å². The van der Waals surface area contributed by atoms with E-state index in [9.17, 15) is 4.79 Å². The lowest BCUT2D eigenvalue weighted by Gasteiger charge is -2.27. The van der Waals surface area contributed by atoms with Gasteiger partial charge in [-0.05, 0) is 18.2 Å². The highest BCUT2D eigenvalue weighted by atomic mass is 16.2. The molecule has 98 valence electrons. The summed E-state index contributed by atoms with van der Waals surface area (Å²) in [6.07, 6.45) is 1.68. The summed E-state index contributed by atoms with van der Waals surface area (Å²) in [7, 11) is 0. The van der Waals surface area contributed by atoms with Crippen LogP contribution in [0.5, 0.6) is 0 Å². The Morgan fingerprint density at radius 3 is 2.89 bits per heavy atom. The molecular weight excluding hydrogens is 244 g/mol. The fraction of sp³-hybridized carbons (Fsp3) is 0.250. The number of nitrogens with two attached hydrogens (primary N) is 2. The van der Waals surface area contributed by atoms with Crippen molar-refractivity contribution in [3.05, 3.63) is 35.9 Å². The molecule has 0 aliphatic carbocycles. The molecule has 0 spiro atoms. The smallest absolute Gasteiger partial charge is 0.256 e. The molecule has 2 heterocycles. The first-order valence-electron chi connectivity index (χ1n) is 5.96. The highest BCUT2D eigenvalue weighted by Crippen LogP contribution is 2.20. The fourth-order valence-electron chi connectivity index (χ4n) is 2.19. The first-order chi connectivity index (χ1) is 9.15. The van der Waals surface area contributed by atoms with Crippen molar-refractivity contribution in [3.8, 4) is 0 Å². The quantitative estimate of drug-likeness (QED) is 0.706. The summed E-state index contributed by atoms with van der Waals surface area (Å²) < 4.78 is 1.94. The molecule has 1 aliphatic rings. The molecule has 7 nitrogen and oxygen atoms in total. The van der Waals surface area contributed by atoms with Crippen LogP contribution in [0.1, 0.15) is 16.2 Å². The van der Waals surface area contributed by atoms with Gasteiger partial charge in [0.25, 0.3) is 5.91 Å². The van der Waals surface area contributed by atoms with E-state index in [0.717, 1.165) is 5.82 Å². The molecular formula is C12H14N6O. The van der Waals surface area contributed by atoms with E-state index in [1.54, 1.807) is 29.4 Å². The Hall–Kier alpha value is -2.57. The molecule has 0 saturated heterocycles. The monoisotopic (exact) mass is 258 g/mol. The summed E-state index contributed by atoms with van der Waals surface area (Å²) in [6, 6.07) is 4.93. The van der Waals surface area contributed by atoms with E-state index >= 15 is 0 Å². The van der Waals surface area contributed by atoms with Crippen molar-refractivity contribution in [2.75, 3.05) is 18.0 Å². The molecule has 0 saturated carbocycles. The molecule has 0 fully saturated rings. The van der Waals surface area contributed by atoms with Gasteiger partial charge in [0.2, 0.25) is 0 Å². The van der Waals surface area contributed by atoms with Crippen molar-refractivity contribution in [1.29, 1.82) is 0 Å². The minimum Gasteiger partial charge on any atom is -0.399 e. The number of aromatic nitrogens is 3. The SMILES string of the molecule is Nc1ccc(C(=O)N2CCn3cnnc3C2)c(N)c1. The Balaban J connectivity index is 1.85. The molecule has 0 radical (unpaired) electrons. The van der Waals surface area contributed by atoms with Crippen molar-refractivity contribution in [3.63, 3.8) is 0 Å². The van der Waals surface area contributed by atoms with Gasteiger partial charge in [-0.1, -0.05) is 0 Å². The summed E-state index contributed by atoms with van der Waals surface area (Å²) in [5.41, 5.74) is 12.9. The average molecular weight is 258 g/mol. The van der Waals surface area contributed by atoms with E-state index in [1.807, 2.05) is 4.57 Å². The van der Waals surface area contributed by atoms with E-state index < -0.39 is 0 Å². The number of hydrogen-bond acceptors (Lipinski definition) is 5. The standard InChI is InChI=1S/C12H14N6O/c13-8-1-2-9(10(14)5-8)12(19)17-3-4-18-7-15-16-11(18)6-17/h1-2,5,7H,3-4,6,13-14H2. The van der Waals surface area contributed by atoms with Crippen LogP contribution in [0.2, 0.25) is 0 Å². The third-order valence-electron chi connectivity index (χ3n) is 3.23. The van der Waals surface area contributed by atoms with Crippen LogP contribution in [0, 0.1) is 0 Å². The van der Waals surface area contributed by atoms with Crippen LogP contribution in [-0.2, 0) is 13.1 Å². The predicted molar refractivity (Wildman–Crippen MR) is 70.0 cm³/mol. The van der Waals surface area contributed by atoms with Crippen LogP contribution >= 0.6 is 0 Å². The number of benzene rings is 1. The molecule has 3 rings (SSSR count). The van der Waals surface area contributed by atoms with Gasteiger partial charge in [0.1, 0.15) is 6.33 Å². The zero-order chi connectivity index (χ0) is 13.4. The molecule has 4 N–H and O–H groups in total. The third-order valence-corrected chi connectivity index (χ3v) is 3.23. The van der Waals surface area contributed by atoms with E-state index in [4.69, 9.17) is 11.5 Å². The maximum atomic E-state index is 12.4. The molecule has 2 aromatic rings. The highest BCUT2D eigenvalue weighted by Gasteiger charge is 2.24. The van der Waals surface area contributed by atoms with Crippen molar-refractivity contribution >= 4 is 17.3 Å². The number of nitrogen functional groups attached to an aromatic ring is 2. The van der Waals surface area contributed by atoms with Crippen LogP contribution < -0.4 is 11.5 Å². The second kappa shape index (κ2) is 4.27. The minimum absolute atomic E-state index is 0.105. The first kappa shape index (κ1) is 11.5. The van der Waals surface area contributed by atoms with Crippen LogP contribution in [0.4, 0.5) is 11.4 Å². The molecule has 1 amide bonds. The summed E-state index contributed by atoms with van der Waals surface area (Å²) in [4.78, 5) is 14.1. The molecule has 1 aromatic carbocycles. The van der Waals surface area contributed by atoms with E-state index in [-0.39, 0.29) is 5.91 Å². The number of carbonyl (C=O) groups is 1. The molecule has 0 bridgehead atoms. The van der Waals surface area contributed by atoms with Gasteiger partial charge < -0.3 is 20.9 Å². The fourth-order valence-corrected chi connectivity index (χ4v) is 2.19. The van der Waals surface area contributed by atoms with Crippen molar-refractivity contribution < 1.29 is 4.79 Å². The number of carbonyl (C=O) groups excluding carboxylic acids is 1. The van der Waals surface area contributed by atoms with Gasteiger partial charge in [-0.3, -0.25) is 4.79 Å². The predicted octanol–water partition coefficient (Wildman–Crippen LogP) is 0.0985. The third kappa shape index (κ3) is 1.99. The van der Waals surface area contributed by atoms with Crippen molar-refractivity contribution in [2.24, 2.45) is 0 Å². The summed E-state index contributed by atoms with van der Waals surface area (Å²) >= 11 is 0. The Labute approximate surface area is 109 Å². The van der Waals surface area contributed by atoms with Gasteiger partial charge in [-0.15, -0.1) is 10.2 Å².